The summed E-state index contributed by atoms with van der Waals surface area (Å²) in [6.45, 7) is 0. The van der Waals surface area contributed by atoms with Crippen LogP contribution in [0, 0.1) is 0 Å². The molecule has 0 saturated heterocycles. The van der Waals surface area contributed by atoms with Gasteiger partial charge in [0.05, 0.1) is 16.6 Å². The SMILES string of the molecule is OC1=C(O)C(O)C(O)c2oc3c(c21)c1ccccc1c1c2ccc4ccccc4c2n(-c2ccccc2)c31. The van der Waals surface area contributed by atoms with Crippen LogP contribution < -0.4 is 0 Å². The van der Waals surface area contributed by atoms with Gasteiger partial charge in [-0.2, -0.15) is 0 Å². The highest BCUT2D eigenvalue weighted by atomic mass is 16.4. The van der Waals surface area contributed by atoms with Crippen LogP contribution in [0.4, 0.5) is 0 Å². The molecule has 7 aromatic rings. The zero-order valence-electron chi connectivity index (χ0n) is 20.0. The van der Waals surface area contributed by atoms with Gasteiger partial charge in [-0.3, -0.25) is 0 Å². The molecule has 0 bridgehead atoms. The third-order valence-electron chi connectivity index (χ3n) is 7.81. The van der Waals surface area contributed by atoms with Gasteiger partial charge in [-0.05, 0) is 28.3 Å². The minimum atomic E-state index is -1.69. The number of rotatable bonds is 1. The molecule has 38 heavy (non-hydrogen) atoms. The van der Waals surface area contributed by atoms with E-state index in [1.54, 1.807) is 0 Å². The van der Waals surface area contributed by atoms with E-state index >= 15 is 0 Å². The summed E-state index contributed by atoms with van der Waals surface area (Å²) in [6, 6.07) is 30.3. The summed E-state index contributed by atoms with van der Waals surface area (Å²) >= 11 is 0. The number of hydrogen-bond donors (Lipinski definition) is 4. The van der Waals surface area contributed by atoms with E-state index in [-0.39, 0.29) is 11.3 Å². The number of aliphatic hydroxyl groups is 4. The van der Waals surface area contributed by atoms with Crippen molar-refractivity contribution in [3.05, 3.63) is 108 Å². The van der Waals surface area contributed by atoms with Gasteiger partial charge in [-0.1, -0.05) is 78.9 Å². The van der Waals surface area contributed by atoms with E-state index < -0.39 is 23.7 Å². The van der Waals surface area contributed by atoms with E-state index in [1.807, 2.05) is 66.7 Å². The summed E-state index contributed by atoms with van der Waals surface area (Å²) < 4.78 is 8.55. The molecule has 4 N–H and O–H groups in total. The third kappa shape index (κ3) is 2.53. The first-order valence-electron chi connectivity index (χ1n) is 12.4. The summed E-state index contributed by atoms with van der Waals surface area (Å²) in [5.74, 6) is -1.14. The van der Waals surface area contributed by atoms with Crippen LogP contribution in [0.2, 0.25) is 0 Å². The molecule has 2 unspecified atom stereocenters. The number of hydrogen-bond acceptors (Lipinski definition) is 5. The molecular formula is C32H21NO5. The second-order valence-corrected chi connectivity index (χ2v) is 9.79. The number of aromatic nitrogens is 1. The van der Waals surface area contributed by atoms with Crippen molar-refractivity contribution >= 4 is 60.1 Å². The van der Waals surface area contributed by atoms with Crippen LogP contribution in [0.25, 0.3) is 65.8 Å². The summed E-state index contributed by atoms with van der Waals surface area (Å²) in [6.07, 6.45) is -3.22. The van der Waals surface area contributed by atoms with Crippen LogP contribution >= 0.6 is 0 Å². The first kappa shape index (κ1) is 21.3. The lowest BCUT2D eigenvalue weighted by molar-refractivity contribution is 0.000935. The van der Waals surface area contributed by atoms with E-state index in [9.17, 15) is 20.4 Å². The molecule has 0 radical (unpaired) electrons. The van der Waals surface area contributed by atoms with Crippen molar-refractivity contribution in [3.8, 4) is 5.69 Å². The molecule has 2 atom stereocenters. The van der Waals surface area contributed by atoms with Crippen molar-refractivity contribution < 1.29 is 24.8 Å². The van der Waals surface area contributed by atoms with Gasteiger partial charge >= 0.3 is 0 Å². The molecule has 0 fully saturated rings. The fourth-order valence-electron chi connectivity index (χ4n) is 6.17. The Balaban J connectivity index is 1.73. The van der Waals surface area contributed by atoms with E-state index in [0.29, 0.717) is 11.0 Å². The standard InChI is InChI=1S/C32H21NO5/c34-27-24-23-20-13-7-6-12-19(20)22-21-15-14-16-8-4-5-11-18(16)25(21)33(17-9-2-1-3-10-17)26(22)31(23)38-32(24)30(37)29(36)28(27)35/h1-15,29-30,34-37H. The highest BCUT2D eigenvalue weighted by molar-refractivity contribution is 6.34. The fraction of sp³-hybridized carbons (Fsp3) is 0.0625. The molecule has 2 heterocycles. The lowest BCUT2D eigenvalue weighted by atomic mass is 9.91. The summed E-state index contributed by atoms with van der Waals surface area (Å²) in [5.41, 5.74) is 3.38. The molecule has 0 spiro atoms. The molecule has 0 aliphatic heterocycles. The fourth-order valence-corrected chi connectivity index (χ4v) is 6.17. The van der Waals surface area contributed by atoms with Gasteiger partial charge in [0.25, 0.3) is 0 Å². The number of para-hydroxylation sites is 1. The maximum atomic E-state index is 11.0. The Morgan fingerprint density at radius 1 is 0.605 bits per heavy atom. The number of fused-ring (bicyclic) bond motifs is 12. The molecule has 2 aromatic heterocycles. The topological polar surface area (TPSA) is 99.0 Å². The molecule has 6 nitrogen and oxygen atoms in total. The van der Waals surface area contributed by atoms with E-state index in [4.69, 9.17) is 4.42 Å². The van der Waals surface area contributed by atoms with Crippen molar-refractivity contribution in [3.63, 3.8) is 0 Å². The zero-order chi connectivity index (χ0) is 25.7. The lowest BCUT2D eigenvalue weighted by Gasteiger charge is -2.22. The normalized spacial score (nSPS) is 17.8. The van der Waals surface area contributed by atoms with Gasteiger partial charge in [-0.25, -0.2) is 0 Å². The van der Waals surface area contributed by atoms with E-state index in [2.05, 4.69) is 28.8 Å². The van der Waals surface area contributed by atoms with Gasteiger partial charge < -0.3 is 29.4 Å². The van der Waals surface area contributed by atoms with E-state index in [1.165, 1.54) is 0 Å². The molecule has 184 valence electrons. The van der Waals surface area contributed by atoms with Crippen LogP contribution in [0.15, 0.2) is 101 Å². The molecule has 0 amide bonds. The highest BCUT2D eigenvalue weighted by Gasteiger charge is 2.40. The second-order valence-electron chi connectivity index (χ2n) is 9.79. The van der Waals surface area contributed by atoms with Gasteiger partial charge in [-0.15, -0.1) is 0 Å². The monoisotopic (exact) mass is 499 g/mol. The Labute approximate surface area is 215 Å². The van der Waals surface area contributed by atoms with Crippen LogP contribution in [-0.4, -0.2) is 31.1 Å². The Bertz CT molecular complexity index is 2130. The Kier molecular flexibility index (Phi) is 4.14. The first-order valence-corrected chi connectivity index (χ1v) is 12.4. The van der Waals surface area contributed by atoms with Crippen molar-refractivity contribution in [1.29, 1.82) is 0 Å². The lowest BCUT2D eigenvalue weighted by Crippen LogP contribution is -2.25. The van der Waals surface area contributed by atoms with Gasteiger partial charge in [0.2, 0.25) is 0 Å². The Hall–Kier alpha value is -4.78. The van der Waals surface area contributed by atoms with E-state index in [0.717, 1.165) is 49.0 Å². The number of furan rings is 1. The first-order chi connectivity index (χ1) is 18.6. The van der Waals surface area contributed by atoms with Gasteiger partial charge in [0, 0.05) is 27.2 Å². The maximum absolute atomic E-state index is 11.0. The summed E-state index contributed by atoms with van der Waals surface area (Å²) in [4.78, 5) is 0. The molecule has 8 rings (SSSR count). The minimum Gasteiger partial charge on any atom is -0.506 e. The molecule has 1 aliphatic carbocycles. The largest absolute Gasteiger partial charge is 0.506 e. The average Bonchev–Trinajstić information content (AvgIpc) is 3.53. The highest BCUT2D eigenvalue weighted by Crippen LogP contribution is 2.50. The molecule has 1 aliphatic rings. The third-order valence-corrected chi connectivity index (χ3v) is 7.81. The van der Waals surface area contributed by atoms with Crippen molar-refractivity contribution in [2.24, 2.45) is 0 Å². The minimum absolute atomic E-state index is 0.0233. The van der Waals surface area contributed by atoms with Crippen molar-refractivity contribution in [2.75, 3.05) is 0 Å². The summed E-state index contributed by atoms with van der Waals surface area (Å²) in [7, 11) is 0. The maximum Gasteiger partial charge on any atom is 0.167 e. The van der Waals surface area contributed by atoms with Crippen molar-refractivity contribution in [1.82, 2.24) is 4.57 Å². The molecular weight excluding hydrogens is 478 g/mol. The van der Waals surface area contributed by atoms with Gasteiger partial charge in [0.1, 0.15) is 18.0 Å². The van der Waals surface area contributed by atoms with Crippen LogP contribution in [0.3, 0.4) is 0 Å². The second kappa shape index (κ2) is 7.38. The predicted octanol–water partition coefficient (Wildman–Crippen LogP) is 7.03. The van der Waals surface area contributed by atoms with Crippen LogP contribution in [0.1, 0.15) is 17.4 Å². The molecule has 0 saturated carbocycles. The summed E-state index contributed by atoms with van der Waals surface area (Å²) in [5, 5.41) is 49.3. The number of benzene rings is 5. The Morgan fingerprint density at radius 3 is 2.03 bits per heavy atom. The predicted molar refractivity (Wildman–Crippen MR) is 149 cm³/mol. The van der Waals surface area contributed by atoms with Crippen LogP contribution in [0.5, 0.6) is 0 Å². The quantitative estimate of drug-likeness (QED) is 0.194. The number of aliphatic hydroxyl groups excluding tert-OH is 4. The molecule has 6 heteroatoms. The number of nitrogens with zero attached hydrogens (tertiary/aromatic N) is 1. The smallest absolute Gasteiger partial charge is 0.167 e. The van der Waals surface area contributed by atoms with Crippen molar-refractivity contribution in [2.45, 2.75) is 12.2 Å². The Morgan fingerprint density at radius 2 is 1.26 bits per heavy atom. The van der Waals surface area contributed by atoms with Crippen LogP contribution in [-0.2, 0) is 0 Å². The molecule has 5 aromatic carbocycles. The zero-order valence-corrected chi connectivity index (χ0v) is 20.0. The average molecular weight is 500 g/mol. The van der Waals surface area contributed by atoms with Gasteiger partial charge in [0.15, 0.2) is 17.1 Å².